The van der Waals surface area contributed by atoms with E-state index in [2.05, 4.69) is 26.2 Å². The maximum Gasteiger partial charge on any atom is 0.338 e. The maximum atomic E-state index is 13.9. The van der Waals surface area contributed by atoms with Crippen LogP contribution in [0.25, 0.3) is 0 Å². The van der Waals surface area contributed by atoms with Crippen LogP contribution in [-0.4, -0.2) is 70.0 Å². The molecule has 4 rings (SSSR count). The van der Waals surface area contributed by atoms with Crippen molar-refractivity contribution in [2.24, 2.45) is 4.99 Å². The van der Waals surface area contributed by atoms with Gasteiger partial charge in [0, 0.05) is 40.6 Å². The van der Waals surface area contributed by atoms with E-state index in [0.29, 0.717) is 38.9 Å². The molecule has 35 heavy (non-hydrogen) atoms. The van der Waals surface area contributed by atoms with E-state index in [0.717, 1.165) is 12.2 Å². The first kappa shape index (κ1) is 25.8. The van der Waals surface area contributed by atoms with Gasteiger partial charge in [0.15, 0.2) is 10.8 Å². The Hall–Kier alpha value is -2.28. The van der Waals surface area contributed by atoms with Crippen LogP contribution >= 0.6 is 39.0 Å². The molecule has 2 unspecified atom stereocenters. The Labute approximate surface area is 218 Å². The molecular weight excluding hydrogens is 559 g/mol. The predicted octanol–water partition coefficient (Wildman–Crippen LogP) is 3.85. The molecule has 2 N–H and O–H groups in total. The Morgan fingerprint density at radius 2 is 2.23 bits per heavy atom. The van der Waals surface area contributed by atoms with Gasteiger partial charge in [0.1, 0.15) is 17.9 Å². The molecule has 2 aliphatic heterocycles. The fourth-order valence-electron chi connectivity index (χ4n) is 4.01. The molecule has 2 aliphatic rings. The molecule has 0 saturated carbocycles. The highest BCUT2D eigenvalue weighted by atomic mass is 79.9. The number of rotatable bonds is 7. The lowest BCUT2D eigenvalue weighted by Gasteiger charge is -2.32. The number of thioether (sulfide) groups is 1. The number of thiazole rings is 1. The molecular formula is C23H24BrFN4O4S2. The Morgan fingerprint density at radius 1 is 1.40 bits per heavy atom. The molecule has 1 saturated heterocycles. The zero-order chi connectivity index (χ0) is 24.9. The lowest BCUT2D eigenvalue weighted by atomic mass is 9.95. The minimum atomic E-state index is -0.903. The zero-order valence-corrected chi connectivity index (χ0v) is 22.1. The van der Waals surface area contributed by atoms with Gasteiger partial charge in [0.05, 0.1) is 12.2 Å². The highest BCUT2D eigenvalue weighted by Crippen LogP contribution is 2.37. The van der Waals surface area contributed by atoms with Gasteiger partial charge < -0.3 is 15.2 Å². The number of halogens is 2. The van der Waals surface area contributed by atoms with Crippen LogP contribution in [0.5, 0.6) is 0 Å². The Bertz CT molecular complexity index is 1160. The summed E-state index contributed by atoms with van der Waals surface area (Å²) in [5, 5.41) is 15.5. The maximum absolute atomic E-state index is 13.9. The number of aliphatic carboxylic acids is 1. The normalized spacial score (nSPS) is 21.2. The van der Waals surface area contributed by atoms with E-state index in [1.807, 2.05) is 10.3 Å². The molecule has 0 amide bonds. The summed E-state index contributed by atoms with van der Waals surface area (Å²) in [6.07, 6.45) is 2.49. The Kier molecular flexibility index (Phi) is 8.58. The number of hydrogen-bond acceptors (Lipinski definition) is 9. The molecule has 186 valence electrons. The van der Waals surface area contributed by atoms with Crippen molar-refractivity contribution in [1.82, 2.24) is 15.2 Å². The summed E-state index contributed by atoms with van der Waals surface area (Å²) < 4.78 is 19.7. The fraction of sp³-hybridized carbons (Fsp3) is 0.391. The van der Waals surface area contributed by atoms with Crippen LogP contribution in [0.3, 0.4) is 0 Å². The molecule has 1 aromatic heterocycles. The van der Waals surface area contributed by atoms with Crippen molar-refractivity contribution in [3.63, 3.8) is 0 Å². The van der Waals surface area contributed by atoms with E-state index in [9.17, 15) is 19.1 Å². The second-order valence-electron chi connectivity index (χ2n) is 7.87. The van der Waals surface area contributed by atoms with Crippen LogP contribution in [0.1, 0.15) is 30.0 Å². The summed E-state index contributed by atoms with van der Waals surface area (Å²) in [4.78, 5) is 36.3. The van der Waals surface area contributed by atoms with Crippen LogP contribution in [0.15, 0.2) is 50.5 Å². The van der Waals surface area contributed by atoms with Gasteiger partial charge in [-0.15, -0.1) is 11.3 Å². The first-order valence-electron chi connectivity index (χ1n) is 11.0. The van der Waals surface area contributed by atoms with Crippen LogP contribution in [0.2, 0.25) is 0 Å². The monoisotopic (exact) mass is 582 g/mol. The molecule has 3 heterocycles. The average molecular weight is 584 g/mol. The van der Waals surface area contributed by atoms with Crippen molar-refractivity contribution >= 4 is 56.8 Å². The van der Waals surface area contributed by atoms with Gasteiger partial charge in [0.2, 0.25) is 0 Å². The number of ether oxygens (including phenoxy) is 1. The third-order valence-corrected chi connectivity index (χ3v) is 8.21. The molecule has 2 atom stereocenters. The van der Waals surface area contributed by atoms with Crippen molar-refractivity contribution < 1.29 is 23.8 Å². The van der Waals surface area contributed by atoms with Crippen molar-refractivity contribution in [3.8, 4) is 0 Å². The molecule has 12 heteroatoms. The molecule has 0 radical (unpaired) electrons. The van der Waals surface area contributed by atoms with Gasteiger partial charge in [-0.1, -0.05) is 22.0 Å². The highest BCUT2D eigenvalue weighted by molar-refractivity contribution is 9.10. The van der Waals surface area contributed by atoms with Gasteiger partial charge in [-0.25, -0.2) is 14.2 Å². The fourth-order valence-corrected chi connectivity index (χ4v) is 6.24. The van der Waals surface area contributed by atoms with Gasteiger partial charge in [-0.2, -0.15) is 11.8 Å². The number of nitrogens with one attached hydrogen (secondary N) is 1. The lowest BCUT2D eigenvalue weighted by Crippen LogP contribution is -2.47. The number of nitrogens with zero attached hydrogens (tertiary/aromatic N) is 3. The number of benzene rings is 1. The van der Waals surface area contributed by atoms with Gasteiger partial charge in [-0.3, -0.25) is 14.7 Å². The average Bonchev–Trinajstić information content (AvgIpc) is 3.25. The van der Waals surface area contributed by atoms with E-state index in [1.54, 1.807) is 30.9 Å². The molecule has 0 bridgehead atoms. The van der Waals surface area contributed by atoms with Crippen LogP contribution in [0.4, 0.5) is 4.39 Å². The number of aromatic nitrogens is 1. The largest absolute Gasteiger partial charge is 0.480 e. The van der Waals surface area contributed by atoms with Crippen molar-refractivity contribution in [1.29, 1.82) is 0 Å². The zero-order valence-electron chi connectivity index (χ0n) is 18.9. The van der Waals surface area contributed by atoms with Crippen LogP contribution in [0, 0.1) is 5.82 Å². The summed E-state index contributed by atoms with van der Waals surface area (Å²) in [7, 11) is 0. The smallest absolute Gasteiger partial charge is 0.338 e. The van der Waals surface area contributed by atoms with Crippen LogP contribution in [-0.2, 0) is 14.3 Å². The second-order valence-corrected chi connectivity index (χ2v) is 10.8. The predicted molar refractivity (Wildman–Crippen MR) is 137 cm³/mol. The van der Waals surface area contributed by atoms with Gasteiger partial charge >= 0.3 is 11.9 Å². The number of amidine groups is 1. The molecule has 1 fully saturated rings. The topological polar surface area (TPSA) is 104 Å². The summed E-state index contributed by atoms with van der Waals surface area (Å²) in [5.41, 5.74) is 1.35. The van der Waals surface area contributed by atoms with E-state index in [4.69, 9.17) is 9.73 Å². The molecule has 8 nitrogen and oxygen atoms in total. The summed E-state index contributed by atoms with van der Waals surface area (Å²) >= 11 is 6.41. The highest BCUT2D eigenvalue weighted by Gasteiger charge is 2.36. The van der Waals surface area contributed by atoms with Gasteiger partial charge in [-0.05, 0) is 36.8 Å². The lowest BCUT2D eigenvalue weighted by molar-refractivity contribution is -0.142. The second kappa shape index (κ2) is 11.6. The number of hydrogen-bond donors (Lipinski definition) is 2. The summed E-state index contributed by atoms with van der Waals surface area (Å²) in [5.74, 6) is -0.103. The molecule has 0 aliphatic carbocycles. The van der Waals surface area contributed by atoms with Crippen LogP contribution < -0.4 is 5.32 Å². The van der Waals surface area contributed by atoms with Crippen molar-refractivity contribution in [2.75, 3.05) is 31.2 Å². The van der Waals surface area contributed by atoms with E-state index < -0.39 is 29.8 Å². The van der Waals surface area contributed by atoms with E-state index in [1.165, 1.54) is 23.5 Å². The van der Waals surface area contributed by atoms with E-state index in [-0.39, 0.29) is 18.7 Å². The van der Waals surface area contributed by atoms with Crippen molar-refractivity contribution in [2.45, 2.75) is 25.4 Å². The summed E-state index contributed by atoms with van der Waals surface area (Å²) in [6, 6.07) is 2.72. The quantitative estimate of drug-likeness (QED) is 0.474. The molecule has 0 spiro atoms. The number of carboxylic acid groups (broad SMARTS) is 1. The first-order chi connectivity index (χ1) is 16.9. The minimum absolute atomic E-state index is 0.161. The number of aliphatic imine (C=N–C) groups is 1. The SMILES string of the molecule is CCOC(=O)C1=C(CN2CCCSCC2C(=O)O)NC(c2nccs2)=NC1c1ccc(F)cc1Br. The number of carbonyl (C=O) groups is 2. The van der Waals surface area contributed by atoms with Crippen molar-refractivity contribution in [3.05, 3.63) is 61.9 Å². The number of carbonyl (C=O) groups excluding carboxylic acids is 1. The minimum Gasteiger partial charge on any atom is -0.480 e. The first-order valence-corrected chi connectivity index (χ1v) is 13.9. The summed E-state index contributed by atoms with van der Waals surface area (Å²) in [6.45, 7) is 2.63. The standard InChI is InChI=1S/C23H24BrFN4O4S2/c1-2-33-23(32)18-16(11-29-7-3-8-34-12-17(29)22(30)31)27-20(21-26-6-9-35-21)28-19(18)14-5-4-13(25)10-15(14)24/h4-6,9-10,17,19H,2-3,7-8,11-12H2,1H3,(H,27,28)(H,30,31). The molecule has 2 aromatic rings. The molecule has 1 aromatic carbocycles. The number of esters is 1. The van der Waals surface area contributed by atoms with E-state index >= 15 is 0 Å². The third kappa shape index (κ3) is 5.93. The number of carboxylic acids is 1. The Morgan fingerprint density at radius 3 is 2.91 bits per heavy atom. The van der Waals surface area contributed by atoms with Gasteiger partial charge in [0.25, 0.3) is 0 Å². The third-order valence-electron chi connectivity index (χ3n) is 5.61. The Balaban J connectivity index is 1.84.